The first-order valence-corrected chi connectivity index (χ1v) is 9.99. The molecular weight excluding hydrogens is 339 g/mol. The fourth-order valence-corrected chi connectivity index (χ4v) is 3.89. The molecule has 0 saturated carbocycles. The Balaban J connectivity index is 1.66. The lowest BCUT2D eigenvalue weighted by atomic mass is 9.95. The van der Waals surface area contributed by atoms with Crippen LogP contribution in [0.4, 0.5) is 10.1 Å². The van der Waals surface area contributed by atoms with Crippen molar-refractivity contribution in [3.05, 3.63) is 65.0 Å². The summed E-state index contributed by atoms with van der Waals surface area (Å²) in [6.07, 6.45) is 3.74. The van der Waals surface area contributed by atoms with Crippen LogP contribution in [0.15, 0.2) is 42.5 Å². The fourth-order valence-electron chi connectivity index (χ4n) is 3.89. The van der Waals surface area contributed by atoms with Crippen LogP contribution in [0.5, 0.6) is 0 Å². The summed E-state index contributed by atoms with van der Waals surface area (Å²) in [6, 6.07) is 12.9. The Bertz CT molecular complexity index is 750. The lowest BCUT2D eigenvalue weighted by Crippen LogP contribution is -2.40. The highest BCUT2D eigenvalue weighted by molar-refractivity contribution is 5.94. The largest absolute Gasteiger partial charge is 0.325 e. The molecule has 3 rings (SSSR count). The van der Waals surface area contributed by atoms with Crippen LogP contribution >= 0.6 is 0 Å². The van der Waals surface area contributed by atoms with E-state index in [1.807, 2.05) is 12.1 Å². The number of hydrogen-bond donors (Lipinski definition) is 1. The number of amides is 1. The molecule has 1 heterocycles. The summed E-state index contributed by atoms with van der Waals surface area (Å²) in [4.78, 5) is 15.3. The molecule has 0 unspecified atom stereocenters. The summed E-state index contributed by atoms with van der Waals surface area (Å²) < 4.78 is 13.1. The van der Waals surface area contributed by atoms with Crippen molar-refractivity contribution < 1.29 is 9.18 Å². The maximum Gasteiger partial charge on any atom is 0.228 e. The molecule has 1 aliphatic heterocycles. The third-order valence-corrected chi connectivity index (χ3v) is 5.44. The molecule has 1 amide bonds. The Hall–Kier alpha value is -2.20. The molecule has 27 heavy (non-hydrogen) atoms. The number of rotatable bonds is 6. The van der Waals surface area contributed by atoms with Gasteiger partial charge in [0.05, 0.1) is 5.92 Å². The van der Waals surface area contributed by atoms with Gasteiger partial charge >= 0.3 is 0 Å². The van der Waals surface area contributed by atoms with Gasteiger partial charge in [-0.2, -0.15) is 0 Å². The van der Waals surface area contributed by atoms with Gasteiger partial charge in [0.2, 0.25) is 5.91 Å². The van der Waals surface area contributed by atoms with E-state index in [2.05, 4.69) is 42.3 Å². The van der Waals surface area contributed by atoms with Crippen molar-refractivity contribution >= 4 is 11.6 Å². The quantitative estimate of drug-likeness (QED) is 0.794. The molecule has 1 N–H and O–H groups in total. The lowest BCUT2D eigenvalue weighted by molar-refractivity contribution is -0.121. The van der Waals surface area contributed by atoms with Gasteiger partial charge in [0, 0.05) is 18.8 Å². The first-order valence-electron chi connectivity index (χ1n) is 9.99. The molecular formula is C23H29FN2O. The number of nitrogens with zero attached hydrogens (tertiary/aromatic N) is 1. The summed E-state index contributed by atoms with van der Waals surface area (Å²) in [6.45, 7) is 6.73. The second kappa shape index (κ2) is 9.14. The number of halogens is 1. The molecule has 1 aliphatic rings. The van der Waals surface area contributed by atoms with Crippen LogP contribution in [-0.2, 0) is 24.2 Å². The number of hydrogen-bond acceptors (Lipinski definition) is 2. The lowest BCUT2D eigenvalue weighted by Gasteiger charge is -2.32. The van der Waals surface area contributed by atoms with Gasteiger partial charge < -0.3 is 5.32 Å². The van der Waals surface area contributed by atoms with Crippen molar-refractivity contribution in [2.75, 3.05) is 18.4 Å². The summed E-state index contributed by atoms with van der Waals surface area (Å²) in [5, 5.41) is 3.23. The topological polar surface area (TPSA) is 32.3 Å². The van der Waals surface area contributed by atoms with Crippen LogP contribution < -0.4 is 5.32 Å². The standard InChI is InChI=1S/C23H29FN2O/c1-3-18-7-5-8-19(4-2)22(18)25-23(27)20-9-6-14-26(16-20)15-17-10-12-21(24)13-11-17/h5,7-8,10-13,20H,3-4,6,9,14-16H2,1-2H3,(H,25,27)/t20-/m0/s1. The number of benzene rings is 2. The van der Waals surface area contributed by atoms with Gasteiger partial charge in [-0.3, -0.25) is 9.69 Å². The SMILES string of the molecule is CCc1cccc(CC)c1NC(=O)[C@H]1CCCN(Cc2ccc(F)cc2)C1. The van der Waals surface area contributed by atoms with Gasteiger partial charge in [-0.1, -0.05) is 44.2 Å². The van der Waals surface area contributed by atoms with Gasteiger partial charge in [0.15, 0.2) is 0 Å². The van der Waals surface area contributed by atoms with E-state index in [0.717, 1.165) is 56.6 Å². The van der Waals surface area contributed by atoms with Crippen molar-refractivity contribution in [2.45, 2.75) is 46.1 Å². The zero-order valence-electron chi connectivity index (χ0n) is 16.3. The number of carbonyl (C=O) groups excluding carboxylic acids is 1. The molecule has 0 aromatic heterocycles. The van der Waals surface area contributed by atoms with Crippen molar-refractivity contribution in [2.24, 2.45) is 5.92 Å². The average Bonchev–Trinajstić information content (AvgIpc) is 2.70. The average molecular weight is 368 g/mol. The van der Waals surface area contributed by atoms with Crippen LogP contribution in [0.2, 0.25) is 0 Å². The molecule has 2 aromatic carbocycles. The van der Waals surface area contributed by atoms with E-state index in [1.165, 1.54) is 23.3 Å². The predicted octanol–water partition coefficient (Wildman–Crippen LogP) is 4.80. The molecule has 0 bridgehead atoms. The van der Waals surface area contributed by atoms with E-state index in [4.69, 9.17) is 0 Å². The summed E-state index contributed by atoms with van der Waals surface area (Å²) in [5.41, 5.74) is 4.48. The number of nitrogens with one attached hydrogen (secondary N) is 1. The van der Waals surface area contributed by atoms with E-state index < -0.39 is 0 Å². The predicted molar refractivity (Wildman–Crippen MR) is 108 cm³/mol. The van der Waals surface area contributed by atoms with Crippen molar-refractivity contribution in [1.29, 1.82) is 0 Å². The van der Waals surface area contributed by atoms with E-state index in [1.54, 1.807) is 0 Å². The molecule has 144 valence electrons. The molecule has 1 saturated heterocycles. The number of piperidine rings is 1. The number of para-hydroxylation sites is 1. The molecule has 3 nitrogen and oxygen atoms in total. The summed E-state index contributed by atoms with van der Waals surface area (Å²) in [5.74, 6) is -0.0980. The van der Waals surface area contributed by atoms with E-state index in [-0.39, 0.29) is 17.6 Å². The van der Waals surface area contributed by atoms with Gasteiger partial charge in [0.1, 0.15) is 5.82 Å². The monoisotopic (exact) mass is 368 g/mol. The minimum atomic E-state index is -0.212. The molecule has 1 atom stereocenters. The number of anilines is 1. The third-order valence-electron chi connectivity index (χ3n) is 5.44. The highest BCUT2D eigenvalue weighted by atomic mass is 19.1. The second-order valence-electron chi connectivity index (χ2n) is 7.35. The van der Waals surface area contributed by atoms with E-state index in [0.29, 0.717) is 0 Å². The highest BCUT2D eigenvalue weighted by Crippen LogP contribution is 2.25. The minimum Gasteiger partial charge on any atom is -0.325 e. The smallest absolute Gasteiger partial charge is 0.228 e. The summed E-state index contributed by atoms with van der Waals surface area (Å²) in [7, 11) is 0. The van der Waals surface area contributed by atoms with Gasteiger partial charge in [-0.15, -0.1) is 0 Å². The van der Waals surface area contributed by atoms with E-state index >= 15 is 0 Å². The Morgan fingerprint density at radius 2 is 1.78 bits per heavy atom. The Morgan fingerprint density at radius 1 is 1.11 bits per heavy atom. The van der Waals surface area contributed by atoms with Crippen LogP contribution in [0, 0.1) is 11.7 Å². The number of likely N-dealkylation sites (tertiary alicyclic amines) is 1. The molecule has 2 aromatic rings. The molecule has 0 aliphatic carbocycles. The Kier molecular flexibility index (Phi) is 6.62. The van der Waals surface area contributed by atoms with Crippen LogP contribution in [-0.4, -0.2) is 23.9 Å². The highest BCUT2D eigenvalue weighted by Gasteiger charge is 2.26. The first kappa shape index (κ1) is 19.6. The molecule has 1 fully saturated rings. The molecule has 4 heteroatoms. The van der Waals surface area contributed by atoms with Crippen LogP contribution in [0.25, 0.3) is 0 Å². The minimum absolute atomic E-state index is 0.00573. The van der Waals surface area contributed by atoms with Gasteiger partial charge in [0.25, 0.3) is 0 Å². The normalized spacial score (nSPS) is 17.7. The zero-order valence-corrected chi connectivity index (χ0v) is 16.3. The first-order chi connectivity index (χ1) is 13.1. The maximum absolute atomic E-state index is 13.1. The number of carbonyl (C=O) groups is 1. The van der Waals surface area contributed by atoms with Crippen molar-refractivity contribution in [3.8, 4) is 0 Å². The Morgan fingerprint density at radius 3 is 2.41 bits per heavy atom. The third kappa shape index (κ3) is 4.95. The van der Waals surface area contributed by atoms with Crippen LogP contribution in [0.3, 0.4) is 0 Å². The van der Waals surface area contributed by atoms with Gasteiger partial charge in [-0.25, -0.2) is 4.39 Å². The fraction of sp³-hybridized carbons (Fsp3) is 0.435. The molecule has 0 spiro atoms. The summed E-state index contributed by atoms with van der Waals surface area (Å²) >= 11 is 0. The van der Waals surface area contributed by atoms with Gasteiger partial charge in [-0.05, 0) is 61.1 Å². The van der Waals surface area contributed by atoms with Crippen molar-refractivity contribution in [3.63, 3.8) is 0 Å². The Labute approximate surface area is 161 Å². The maximum atomic E-state index is 13.1. The zero-order chi connectivity index (χ0) is 19.2. The second-order valence-corrected chi connectivity index (χ2v) is 7.35. The van der Waals surface area contributed by atoms with E-state index in [9.17, 15) is 9.18 Å². The van der Waals surface area contributed by atoms with Crippen molar-refractivity contribution in [1.82, 2.24) is 4.90 Å². The molecule has 0 radical (unpaired) electrons. The van der Waals surface area contributed by atoms with Crippen LogP contribution in [0.1, 0.15) is 43.4 Å². The number of aryl methyl sites for hydroxylation is 2.